The van der Waals surface area contributed by atoms with Crippen LogP contribution >= 0.6 is 0 Å². The summed E-state index contributed by atoms with van der Waals surface area (Å²) >= 11 is 0. The molecule has 2 nitrogen and oxygen atoms in total. The van der Waals surface area contributed by atoms with Crippen molar-refractivity contribution >= 4 is 0 Å². The molecular formula is C18H39NO. The van der Waals surface area contributed by atoms with E-state index in [9.17, 15) is 5.11 Å². The molecule has 0 aliphatic carbocycles. The quantitative estimate of drug-likeness (QED) is 0.313. The van der Waals surface area contributed by atoms with E-state index in [1.807, 2.05) is 0 Å². The van der Waals surface area contributed by atoms with Gasteiger partial charge in [-0.1, -0.05) is 90.9 Å². The predicted molar refractivity (Wildman–Crippen MR) is 89.7 cm³/mol. The van der Waals surface area contributed by atoms with Crippen LogP contribution in [0, 0.1) is 5.92 Å². The molecule has 3 N–H and O–H groups in total. The van der Waals surface area contributed by atoms with Gasteiger partial charge in [0.15, 0.2) is 0 Å². The minimum atomic E-state index is -0.610. The number of aliphatic hydroxyl groups excluding tert-OH is 1. The molecule has 0 aromatic rings. The summed E-state index contributed by atoms with van der Waals surface area (Å²) < 4.78 is 0. The zero-order valence-corrected chi connectivity index (χ0v) is 14.1. The van der Waals surface area contributed by atoms with Gasteiger partial charge < -0.3 is 10.8 Å². The second-order valence-electron chi connectivity index (χ2n) is 6.36. The molecule has 0 spiro atoms. The van der Waals surface area contributed by atoms with Crippen LogP contribution in [0.1, 0.15) is 104 Å². The second-order valence-corrected chi connectivity index (χ2v) is 6.36. The van der Waals surface area contributed by atoms with Gasteiger partial charge in [-0.05, 0) is 18.8 Å². The molecule has 0 radical (unpaired) electrons. The third kappa shape index (κ3) is 12.9. The Morgan fingerprint density at radius 2 is 1.00 bits per heavy atom. The Balaban J connectivity index is 3.51. The van der Waals surface area contributed by atoms with E-state index in [-0.39, 0.29) is 0 Å². The first-order chi connectivity index (χ1) is 9.72. The number of hydrogen-bond donors (Lipinski definition) is 2. The smallest absolute Gasteiger partial charge is 0.105 e. The van der Waals surface area contributed by atoms with Crippen LogP contribution < -0.4 is 5.73 Å². The molecule has 0 amide bonds. The van der Waals surface area contributed by atoms with Gasteiger partial charge in [0, 0.05) is 0 Å². The SMILES string of the molecule is CCCCCCCCC(CCCCCCCC)C(N)O. The molecule has 0 saturated carbocycles. The number of unbranched alkanes of at least 4 members (excludes halogenated alkanes) is 10. The lowest BCUT2D eigenvalue weighted by atomic mass is 9.93. The summed E-state index contributed by atoms with van der Waals surface area (Å²) in [6.45, 7) is 4.50. The normalized spacial score (nSPS) is 13.1. The van der Waals surface area contributed by atoms with Crippen molar-refractivity contribution in [3.63, 3.8) is 0 Å². The molecular weight excluding hydrogens is 246 g/mol. The van der Waals surface area contributed by atoms with Crippen LogP contribution in [0.25, 0.3) is 0 Å². The fourth-order valence-electron chi connectivity index (χ4n) is 2.86. The first-order valence-corrected chi connectivity index (χ1v) is 9.16. The number of aliphatic hydroxyl groups is 1. The van der Waals surface area contributed by atoms with E-state index in [2.05, 4.69) is 13.8 Å². The van der Waals surface area contributed by atoms with Gasteiger partial charge in [0.25, 0.3) is 0 Å². The topological polar surface area (TPSA) is 46.2 Å². The third-order valence-electron chi connectivity index (χ3n) is 4.34. The molecule has 0 aliphatic heterocycles. The molecule has 0 aromatic carbocycles. The number of hydrogen-bond acceptors (Lipinski definition) is 2. The molecule has 0 aromatic heterocycles. The van der Waals surface area contributed by atoms with Crippen molar-refractivity contribution in [2.75, 3.05) is 0 Å². The summed E-state index contributed by atoms with van der Waals surface area (Å²) in [6, 6.07) is 0. The zero-order chi connectivity index (χ0) is 15.1. The van der Waals surface area contributed by atoms with Gasteiger partial charge in [-0.15, -0.1) is 0 Å². The van der Waals surface area contributed by atoms with Crippen molar-refractivity contribution in [2.45, 2.75) is 110 Å². The summed E-state index contributed by atoms with van der Waals surface area (Å²) in [6.07, 6.45) is 17.4. The number of nitrogens with two attached hydrogens (primary N) is 1. The maximum atomic E-state index is 9.67. The van der Waals surface area contributed by atoms with Crippen LogP contribution in [0.4, 0.5) is 0 Å². The van der Waals surface area contributed by atoms with Gasteiger partial charge in [0.05, 0.1) is 0 Å². The van der Waals surface area contributed by atoms with Crippen LogP contribution in [0.15, 0.2) is 0 Å². The summed E-state index contributed by atoms with van der Waals surface area (Å²) in [7, 11) is 0. The molecule has 122 valence electrons. The van der Waals surface area contributed by atoms with Gasteiger partial charge in [0.2, 0.25) is 0 Å². The maximum absolute atomic E-state index is 9.67. The van der Waals surface area contributed by atoms with Gasteiger partial charge in [-0.25, -0.2) is 0 Å². The Hall–Kier alpha value is -0.0800. The monoisotopic (exact) mass is 285 g/mol. The van der Waals surface area contributed by atoms with Crippen molar-refractivity contribution in [3.8, 4) is 0 Å². The van der Waals surface area contributed by atoms with E-state index >= 15 is 0 Å². The van der Waals surface area contributed by atoms with Crippen molar-refractivity contribution in [2.24, 2.45) is 11.7 Å². The highest BCUT2D eigenvalue weighted by molar-refractivity contribution is 4.65. The molecule has 2 heteroatoms. The van der Waals surface area contributed by atoms with Crippen molar-refractivity contribution in [1.82, 2.24) is 0 Å². The van der Waals surface area contributed by atoms with E-state index in [1.165, 1.54) is 77.0 Å². The van der Waals surface area contributed by atoms with Gasteiger partial charge in [-0.3, -0.25) is 0 Å². The van der Waals surface area contributed by atoms with Crippen molar-refractivity contribution in [1.29, 1.82) is 0 Å². The van der Waals surface area contributed by atoms with Crippen LogP contribution in [0.3, 0.4) is 0 Å². The van der Waals surface area contributed by atoms with E-state index in [0.29, 0.717) is 5.92 Å². The lowest BCUT2D eigenvalue weighted by Gasteiger charge is -2.19. The number of rotatable bonds is 15. The molecule has 0 fully saturated rings. The largest absolute Gasteiger partial charge is 0.379 e. The van der Waals surface area contributed by atoms with E-state index in [4.69, 9.17) is 5.73 Å². The zero-order valence-electron chi connectivity index (χ0n) is 14.1. The molecule has 1 unspecified atom stereocenters. The second kappa shape index (κ2) is 15.3. The van der Waals surface area contributed by atoms with Gasteiger partial charge in [-0.2, -0.15) is 0 Å². The average Bonchev–Trinajstić information content (AvgIpc) is 2.43. The molecule has 0 bridgehead atoms. The Morgan fingerprint density at radius 1 is 0.650 bits per heavy atom. The average molecular weight is 286 g/mol. The van der Waals surface area contributed by atoms with Gasteiger partial charge in [0.1, 0.15) is 6.23 Å². The Bertz CT molecular complexity index is 166. The van der Waals surface area contributed by atoms with Crippen LogP contribution in [0.2, 0.25) is 0 Å². The van der Waals surface area contributed by atoms with Crippen molar-refractivity contribution in [3.05, 3.63) is 0 Å². The fourth-order valence-corrected chi connectivity index (χ4v) is 2.86. The molecule has 0 aliphatic rings. The Labute approximate surface area is 127 Å². The minimum Gasteiger partial charge on any atom is -0.379 e. The molecule has 1 atom stereocenters. The molecule has 0 heterocycles. The summed E-state index contributed by atoms with van der Waals surface area (Å²) in [5, 5.41) is 9.67. The highest BCUT2D eigenvalue weighted by Gasteiger charge is 2.14. The molecule has 0 rings (SSSR count). The lowest BCUT2D eigenvalue weighted by molar-refractivity contribution is 0.0997. The maximum Gasteiger partial charge on any atom is 0.105 e. The third-order valence-corrected chi connectivity index (χ3v) is 4.34. The van der Waals surface area contributed by atoms with E-state index in [0.717, 1.165) is 12.8 Å². The summed E-state index contributed by atoms with van der Waals surface area (Å²) in [4.78, 5) is 0. The highest BCUT2D eigenvalue weighted by atomic mass is 16.3. The van der Waals surface area contributed by atoms with Crippen molar-refractivity contribution < 1.29 is 5.11 Å². The molecule has 0 saturated heterocycles. The van der Waals surface area contributed by atoms with E-state index in [1.54, 1.807) is 0 Å². The Kier molecular flexibility index (Phi) is 15.3. The fraction of sp³-hybridized carbons (Fsp3) is 1.00. The minimum absolute atomic E-state index is 0.326. The first-order valence-electron chi connectivity index (χ1n) is 9.16. The lowest BCUT2D eigenvalue weighted by Crippen LogP contribution is -2.29. The summed E-state index contributed by atoms with van der Waals surface area (Å²) in [5.41, 5.74) is 5.72. The molecule has 20 heavy (non-hydrogen) atoms. The highest BCUT2D eigenvalue weighted by Crippen LogP contribution is 2.20. The van der Waals surface area contributed by atoms with E-state index < -0.39 is 6.23 Å². The first kappa shape index (κ1) is 19.9. The summed E-state index contributed by atoms with van der Waals surface area (Å²) in [5.74, 6) is 0.326. The Morgan fingerprint density at radius 3 is 1.35 bits per heavy atom. The van der Waals surface area contributed by atoms with Gasteiger partial charge >= 0.3 is 0 Å². The van der Waals surface area contributed by atoms with Crippen LogP contribution in [-0.2, 0) is 0 Å². The van der Waals surface area contributed by atoms with Crippen LogP contribution in [0.5, 0.6) is 0 Å². The van der Waals surface area contributed by atoms with Crippen LogP contribution in [-0.4, -0.2) is 11.3 Å². The predicted octanol–water partition coefficient (Wildman–Crippen LogP) is 5.38. The standard InChI is InChI=1S/C18H39NO/c1-3-5-7-9-11-13-15-17(18(19)20)16-14-12-10-8-6-4-2/h17-18,20H,3-16,19H2,1-2H3.